The number of para-hydroxylation sites is 1. The Morgan fingerprint density at radius 1 is 1.04 bits per heavy atom. The lowest BCUT2D eigenvalue weighted by atomic mass is 10.2. The molecule has 1 fully saturated rings. The first-order valence-corrected chi connectivity index (χ1v) is 8.26. The van der Waals surface area contributed by atoms with Crippen LogP contribution >= 0.6 is 0 Å². The first kappa shape index (κ1) is 15.0. The Morgan fingerprint density at radius 2 is 1.88 bits per heavy atom. The summed E-state index contributed by atoms with van der Waals surface area (Å²) in [7, 11) is 2.15. The number of anilines is 2. The van der Waals surface area contributed by atoms with Gasteiger partial charge in [-0.05, 0) is 31.3 Å². The van der Waals surface area contributed by atoms with E-state index in [1.807, 2.05) is 36.4 Å². The van der Waals surface area contributed by atoms with Gasteiger partial charge < -0.3 is 19.5 Å². The SMILES string of the molecule is CN1CCN(c2nc(NCc3ccco3)c3ccccc3n2)CC1. The van der Waals surface area contributed by atoms with E-state index in [1.54, 1.807) is 6.26 Å². The highest BCUT2D eigenvalue weighted by Gasteiger charge is 2.18. The molecule has 3 heterocycles. The molecule has 124 valence electrons. The fourth-order valence-electron chi connectivity index (χ4n) is 2.93. The molecule has 4 rings (SSSR count). The Labute approximate surface area is 141 Å². The maximum absolute atomic E-state index is 5.40. The van der Waals surface area contributed by atoms with Gasteiger partial charge in [-0.25, -0.2) is 4.98 Å². The second-order valence-electron chi connectivity index (χ2n) is 6.11. The molecular weight excluding hydrogens is 302 g/mol. The third-order valence-electron chi connectivity index (χ3n) is 4.39. The van der Waals surface area contributed by atoms with Crippen LogP contribution in [0.3, 0.4) is 0 Å². The van der Waals surface area contributed by atoms with Crippen molar-refractivity contribution in [3.63, 3.8) is 0 Å². The quantitative estimate of drug-likeness (QED) is 0.796. The van der Waals surface area contributed by atoms with Crippen LogP contribution in [0.4, 0.5) is 11.8 Å². The van der Waals surface area contributed by atoms with E-state index in [0.29, 0.717) is 6.54 Å². The lowest BCUT2D eigenvalue weighted by molar-refractivity contribution is 0.311. The Balaban J connectivity index is 1.65. The standard InChI is InChI=1S/C18H21N5O/c1-22-8-10-23(11-9-22)18-20-16-7-3-2-6-15(16)17(21-18)19-13-14-5-4-12-24-14/h2-7,12H,8-11,13H2,1H3,(H,19,20,21). The maximum atomic E-state index is 5.40. The third kappa shape index (κ3) is 3.05. The van der Waals surface area contributed by atoms with Crippen molar-refractivity contribution in [1.29, 1.82) is 0 Å². The Bertz CT molecular complexity index is 809. The van der Waals surface area contributed by atoms with E-state index in [4.69, 9.17) is 14.4 Å². The number of aromatic nitrogens is 2. The predicted molar refractivity (Wildman–Crippen MR) is 95.3 cm³/mol. The van der Waals surface area contributed by atoms with Crippen LogP contribution in [0.2, 0.25) is 0 Å². The van der Waals surface area contributed by atoms with Gasteiger partial charge in [-0.2, -0.15) is 4.98 Å². The Morgan fingerprint density at radius 3 is 2.67 bits per heavy atom. The van der Waals surface area contributed by atoms with Crippen molar-refractivity contribution in [2.45, 2.75) is 6.54 Å². The molecule has 0 aliphatic carbocycles. The molecule has 0 spiro atoms. The number of hydrogen-bond acceptors (Lipinski definition) is 6. The van der Waals surface area contributed by atoms with Crippen LogP contribution in [0.5, 0.6) is 0 Å². The fraction of sp³-hybridized carbons (Fsp3) is 0.333. The van der Waals surface area contributed by atoms with E-state index in [1.165, 1.54) is 0 Å². The minimum Gasteiger partial charge on any atom is -0.467 e. The monoisotopic (exact) mass is 323 g/mol. The zero-order chi connectivity index (χ0) is 16.4. The van der Waals surface area contributed by atoms with Gasteiger partial charge in [0, 0.05) is 31.6 Å². The molecule has 0 atom stereocenters. The summed E-state index contributed by atoms with van der Waals surface area (Å²) in [6.07, 6.45) is 1.69. The molecule has 24 heavy (non-hydrogen) atoms. The summed E-state index contributed by atoms with van der Waals surface area (Å²) < 4.78 is 5.40. The summed E-state index contributed by atoms with van der Waals surface area (Å²) in [6, 6.07) is 12.0. The van der Waals surface area contributed by atoms with Crippen LogP contribution < -0.4 is 10.2 Å². The summed E-state index contributed by atoms with van der Waals surface area (Å²) in [4.78, 5) is 14.1. The number of furan rings is 1. The molecule has 1 aliphatic rings. The zero-order valence-electron chi connectivity index (χ0n) is 13.8. The van der Waals surface area contributed by atoms with Gasteiger partial charge in [-0.15, -0.1) is 0 Å². The molecule has 2 aromatic heterocycles. The molecular formula is C18H21N5O. The van der Waals surface area contributed by atoms with E-state index >= 15 is 0 Å². The van der Waals surface area contributed by atoms with Gasteiger partial charge >= 0.3 is 0 Å². The first-order chi connectivity index (χ1) is 11.8. The van der Waals surface area contributed by atoms with Crippen molar-refractivity contribution in [2.75, 3.05) is 43.4 Å². The fourth-order valence-corrected chi connectivity index (χ4v) is 2.93. The lowest BCUT2D eigenvalue weighted by Crippen LogP contribution is -2.45. The molecule has 1 saturated heterocycles. The van der Waals surface area contributed by atoms with Gasteiger partial charge in [-0.1, -0.05) is 12.1 Å². The summed E-state index contributed by atoms with van der Waals surface area (Å²) in [6.45, 7) is 4.58. The normalized spacial score (nSPS) is 15.8. The minimum atomic E-state index is 0.607. The van der Waals surface area contributed by atoms with Gasteiger partial charge in [0.25, 0.3) is 0 Å². The largest absolute Gasteiger partial charge is 0.467 e. The Kier molecular flexibility index (Phi) is 4.04. The number of piperazine rings is 1. The summed E-state index contributed by atoms with van der Waals surface area (Å²) >= 11 is 0. The van der Waals surface area contributed by atoms with Crippen LogP contribution in [-0.4, -0.2) is 48.1 Å². The van der Waals surface area contributed by atoms with Gasteiger partial charge in [0.1, 0.15) is 11.6 Å². The lowest BCUT2D eigenvalue weighted by Gasteiger charge is -2.32. The second kappa shape index (κ2) is 6.49. The molecule has 0 saturated carbocycles. The minimum absolute atomic E-state index is 0.607. The van der Waals surface area contributed by atoms with Crippen LogP contribution in [0.15, 0.2) is 47.1 Å². The van der Waals surface area contributed by atoms with Crippen molar-refractivity contribution in [3.05, 3.63) is 48.4 Å². The molecule has 1 N–H and O–H groups in total. The number of nitrogens with one attached hydrogen (secondary N) is 1. The number of nitrogens with zero attached hydrogens (tertiary/aromatic N) is 4. The van der Waals surface area contributed by atoms with Gasteiger partial charge in [0.05, 0.1) is 18.3 Å². The van der Waals surface area contributed by atoms with Crippen molar-refractivity contribution < 1.29 is 4.42 Å². The summed E-state index contributed by atoms with van der Waals surface area (Å²) in [5.41, 5.74) is 0.961. The Hall–Kier alpha value is -2.60. The number of rotatable bonds is 4. The van der Waals surface area contributed by atoms with E-state index in [2.05, 4.69) is 22.2 Å². The van der Waals surface area contributed by atoms with Gasteiger partial charge in [0.2, 0.25) is 5.95 Å². The molecule has 3 aromatic rings. The number of hydrogen-bond donors (Lipinski definition) is 1. The average molecular weight is 323 g/mol. The van der Waals surface area contributed by atoms with Crippen molar-refractivity contribution >= 4 is 22.7 Å². The molecule has 0 radical (unpaired) electrons. The highest BCUT2D eigenvalue weighted by molar-refractivity contribution is 5.90. The van der Waals surface area contributed by atoms with Crippen molar-refractivity contribution in [3.8, 4) is 0 Å². The first-order valence-electron chi connectivity index (χ1n) is 8.26. The number of likely N-dealkylation sites (N-methyl/N-ethyl adjacent to an activating group) is 1. The second-order valence-corrected chi connectivity index (χ2v) is 6.11. The van der Waals surface area contributed by atoms with Crippen LogP contribution in [0.1, 0.15) is 5.76 Å². The van der Waals surface area contributed by atoms with E-state index in [-0.39, 0.29) is 0 Å². The summed E-state index contributed by atoms with van der Waals surface area (Å²) in [5.74, 6) is 2.54. The molecule has 6 nitrogen and oxygen atoms in total. The van der Waals surface area contributed by atoms with Gasteiger partial charge in [0.15, 0.2) is 0 Å². The molecule has 0 unspecified atom stereocenters. The smallest absolute Gasteiger partial charge is 0.227 e. The topological polar surface area (TPSA) is 57.4 Å². The summed E-state index contributed by atoms with van der Waals surface area (Å²) in [5, 5.41) is 4.43. The molecule has 0 amide bonds. The zero-order valence-corrected chi connectivity index (χ0v) is 13.8. The number of benzene rings is 1. The van der Waals surface area contributed by atoms with E-state index < -0.39 is 0 Å². The average Bonchev–Trinajstić information content (AvgIpc) is 3.13. The van der Waals surface area contributed by atoms with Crippen LogP contribution in [0, 0.1) is 0 Å². The van der Waals surface area contributed by atoms with Crippen molar-refractivity contribution in [1.82, 2.24) is 14.9 Å². The highest BCUT2D eigenvalue weighted by atomic mass is 16.3. The number of fused-ring (bicyclic) bond motifs is 1. The van der Waals surface area contributed by atoms with E-state index in [9.17, 15) is 0 Å². The maximum Gasteiger partial charge on any atom is 0.227 e. The van der Waals surface area contributed by atoms with Gasteiger partial charge in [-0.3, -0.25) is 0 Å². The third-order valence-corrected chi connectivity index (χ3v) is 4.39. The van der Waals surface area contributed by atoms with Crippen molar-refractivity contribution in [2.24, 2.45) is 0 Å². The highest BCUT2D eigenvalue weighted by Crippen LogP contribution is 2.24. The van der Waals surface area contributed by atoms with E-state index in [0.717, 1.165) is 54.6 Å². The van der Waals surface area contributed by atoms with Crippen LogP contribution in [-0.2, 0) is 6.54 Å². The molecule has 1 aliphatic heterocycles. The molecule has 0 bridgehead atoms. The molecule has 1 aromatic carbocycles. The predicted octanol–water partition coefficient (Wildman–Crippen LogP) is 2.59. The van der Waals surface area contributed by atoms with Crippen LogP contribution in [0.25, 0.3) is 10.9 Å². The molecule has 6 heteroatoms.